The lowest BCUT2D eigenvalue weighted by atomic mass is 9.95. The van der Waals surface area contributed by atoms with Crippen molar-refractivity contribution < 1.29 is 24.2 Å². The summed E-state index contributed by atoms with van der Waals surface area (Å²) in [5.74, 6) is -1.69. The first-order valence-corrected chi connectivity index (χ1v) is 11.9. The summed E-state index contributed by atoms with van der Waals surface area (Å²) in [6.45, 7) is 4.11. The number of thioether (sulfide) groups is 1. The quantitative estimate of drug-likeness (QED) is 0.346. The standard InChI is InChI=1S/C22H24N4O6S2/c1-4-32-21(31)13-5-7-25(8-6-13)18-14(12(2)15(10-23)19(29)24(18)3)9-16-20(30)26(11-17(27)28)22(33)34-16/h9,13H,4-8,11H2,1-3H3,(H,27,28)/b16-9+. The average Bonchev–Trinajstić information content (AvgIpc) is 3.05. The molecule has 2 saturated heterocycles. The Balaban J connectivity index is 2.05. The molecular weight excluding hydrogens is 480 g/mol. The Morgan fingerprint density at radius 3 is 2.53 bits per heavy atom. The third-order valence-corrected chi connectivity index (χ3v) is 7.20. The highest BCUT2D eigenvalue weighted by atomic mass is 32.2. The van der Waals surface area contributed by atoms with Gasteiger partial charge in [0, 0.05) is 25.7 Å². The fourth-order valence-corrected chi connectivity index (χ4v) is 5.32. The molecule has 2 aliphatic heterocycles. The van der Waals surface area contributed by atoms with Crippen molar-refractivity contribution in [1.82, 2.24) is 9.47 Å². The van der Waals surface area contributed by atoms with E-state index in [4.69, 9.17) is 22.1 Å². The Labute approximate surface area is 205 Å². The average molecular weight is 505 g/mol. The molecule has 3 rings (SSSR count). The molecule has 10 nitrogen and oxygen atoms in total. The number of amides is 1. The highest BCUT2D eigenvalue weighted by Crippen LogP contribution is 2.36. The van der Waals surface area contributed by atoms with Crippen LogP contribution < -0.4 is 10.5 Å². The second kappa shape index (κ2) is 10.4. The zero-order valence-electron chi connectivity index (χ0n) is 19.0. The number of nitriles is 1. The number of carboxylic acids is 1. The van der Waals surface area contributed by atoms with E-state index in [1.165, 1.54) is 4.57 Å². The van der Waals surface area contributed by atoms with Gasteiger partial charge in [-0.15, -0.1) is 0 Å². The predicted molar refractivity (Wildman–Crippen MR) is 130 cm³/mol. The van der Waals surface area contributed by atoms with Gasteiger partial charge >= 0.3 is 11.9 Å². The summed E-state index contributed by atoms with van der Waals surface area (Å²) in [5.41, 5.74) is 0.415. The first-order valence-electron chi connectivity index (χ1n) is 10.6. The van der Waals surface area contributed by atoms with E-state index in [9.17, 15) is 24.4 Å². The van der Waals surface area contributed by atoms with Gasteiger partial charge in [-0.1, -0.05) is 24.0 Å². The van der Waals surface area contributed by atoms with E-state index in [0.717, 1.165) is 16.7 Å². The smallest absolute Gasteiger partial charge is 0.323 e. The summed E-state index contributed by atoms with van der Waals surface area (Å²) in [4.78, 5) is 52.1. The number of ether oxygens (including phenoxy) is 1. The molecule has 3 heterocycles. The molecule has 0 spiro atoms. The second-order valence-corrected chi connectivity index (χ2v) is 9.56. The van der Waals surface area contributed by atoms with E-state index in [-0.39, 0.29) is 26.7 Å². The first kappa shape index (κ1) is 25.5. The molecule has 0 unspecified atom stereocenters. The van der Waals surface area contributed by atoms with Gasteiger partial charge in [-0.25, -0.2) is 0 Å². The summed E-state index contributed by atoms with van der Waals surface area (Å²) in [5, 5.41) is 18.7. The predicted octanol–water partition coefficient (Wildman–Crippen LogP) is 1.63. The SMILES string of the molecule is CCOC(=O)C1CCN(c2c(/C=C3/SC(=S)N(CC(=O)O)C3=O)c(C)c(C#N)c(=O)n2C)CC1. The summed E-state index contributed by atoms with van der Waals surface area (Å²) in [6, 6.07) is 1.94. The number of carbonyl (C=O) groups is 3. The van der Waals surface area contributed by atoms with Crippen LogP contribution in [0.3, 0.4) is 0 Å². The molecule has 0 radical (unpaired) electrons. The van der Waals surface area contributed by atoms with Crippen LogP contribution in [-0.2, 0) is 26.2 Å². The Kier molecular flexibility index (Phi) is 7.78. The molecule has 1 aromatic heterocycles. The van der Waals surface area contributed by atoms with Crippen molar-refractivity contribution in [3.63, 3.8) is 0 Å². The molecule has 2 fully saturated rings. The van der Waals surface area contributed by atoms with E-state index < -0.39 is 24.0 Å². The molecule has 1 N–H and O–H groups in total. The minimum Gasteiger partial charge on any atom is -0.480 e. The number of aliphatic carboxylic acids is 1. The topological polar surface area (TPSA) is 133 Å². The number of aromatic nitrogens is 1. The lowest BCUT2D eigenvalue weighted by Crippen LogP contribution is -2.40. The zero-order chi connectivity index (χ0) is 25.2. The molecule has 0 atom stereocenters. The lowest BCUT2D eigenvalue weighted by molar-refractivity contribution is -0.148. The van der Waals surface area contributed by atoms with Crippen LogP contribution in [0.4, 0.5) is 5.82 Å². The maximum Gasteiger partial charge on any atom is 0.323 e. The summed E-state index contributed by atoms with van der Waals surface area (Å²) < 4.78 is 6.63. The highest BCUT2D eigenvalue weighted by Gasteiger charge is 2.35. The maximum absolute atomic E-state index is 12.9. The van der Waals surface area contributed by atoms with Gasteiger partial charge in [0.1, 0.15) is 28.3 Å². The fourth-order valence-electron chi connectivity index (χ4n) is 4.08. The van der Waals surface area contributed by atoms with Gasteiger partial charge in [0.05, 0.1) is 17.4 Å². The largest absolute Gasteiger partial charge is 0.480 e. The third kappa shape index (κ3) is 4.85. The van der Waals surface area contributed by atoms with Crippen LogP contribution in [0.2, 0.25) is 0 Å². The molecular formula is C22H24N4O6S2. The van der Waals surface area contributed by atoms with Crippen molar-refractivity contribution >= 4 is 58.0 Å². The van der Waals surface area contributed by atoms with Crippen LogP contribution in [0.5, 0.6) is 0 Å². The van der Waals surface area contributed by atoms with Gasteiger partial charge in [0.25, 0.3) is 11.5 Å². The van der Waals surface area contributed by atoms with E-state index in [1.54, 1.807) is 27.0 Å². The number of esters is 1. The van der Waals surface area contributed by atoms with E-state index in [2.05, 4.69) is 0 Å². The Morgan fingerprint density at radius 2 is 1.97 bits per heavy atom. The molecule has 180 valence electrons. The molecule has 34 heavy (non-hydrogen) atoms. The van der Waals surface area contributed by atoms with Crippen molar-refractivity contribution in [2.75, 3.05) is 31.1 Å². The van der Waals surface area contributed by atoms with Crippen molar-refractivity contribution in [2.45, 2.75) is 26.7 Å². The second-order valence-electron chi connectivity index (χ2n) is 7.89. The van der Waals surface area contributed by atoms with Crippen molar-refractivity contribution in [2.24, 2.45) is 13.0 Å². The van der Waals surface area contributed by atoms with Gasteiger partial charge < -0.3 is 14.7 Å². The van der Waals surface area contributed by atoms with Crippen LogP contribution in [0.15, 0.2) is 9.70 Å². The van der Waals surface area contributed by atoms with E-state index in [0.29, 0.717) is 49.5 Å². The number of piperidine rings is 1. The number of carbonyl (C=O) groups excluding carboxylic acids is 2. The number of hydrogen-bond acceptors (Lipinski definition) is 9. The van der Waals surface area contributed by atoms with E-state index >= 15 is 0 Å². The Hall–Kier alpha value is -3.17. The Morgan fingerprint density at radius 1 is 1.32 bits per heavy atom. The Bertz CT molecular complexity index is 1190. The van der Waals surface area contributed by atoms with Crippen LogP contribution in [0.1, 0.15) is 36.5 Å². The van der Waals surface area contributed by atoms with Crippen LogP contribution in [0, 0.1) is 24.2 Å². The summed E-state index contributed by atoms with van der Waals surface area (Å²) in [6.07, 6.45) is 2.63. The lowest BCUT2D eigenvalue weighted by Gasteiger charge is -2.35. The zero-order valence-corrected chi connectivity index (χ0v) is 20.6. The van der Waals surface area contributed by atoms with Crippen LogP contribution in [0.25, 0.3) is 6.08 Å². The molecule has 2 aliphatic rings. The molecule has 1 aromatic rings. The first-order chi connectivity index (χ1) is 16.1. The van der Waals surface area contributed by atoms with Crippen LogP contribution in [-0.4, -0.2) is 63.0 Å². The minimum atomic E-state index is -1.19. The summed E-state index contributed by atoms with van der Waals surface area (Å²) in [7, 11) is 1.56. The van der Waals surface area contributed by atoms with Gasteiger partial charge in [0.2, 0.25) is 0 Å². The van der Waals surface area contributed by atoms with Crippen molar-refractivity contribution in [3.05, 3.63) is 31.9 Å². The van der Waals surface area contributed by atoms with Gasteiger partial charge in [0.15, 0.2) is 0 Å². The molecule has 1 amide bonds. The molecule has 0 saturated carbocycles. The number of thiocarbonyl (C=S) groups is 1. The summed E-state index contributed by atoms with van der Waals surface area (Å²) >= 11 is 6.15. The van der Waals surface area contributed by atoms with Gasteiger partial charge in [-0.2, -0.15) is 5.26 Å². The highest BCUT2D eigenvalue weighted by molar-refractivity contribution is 8.26. The normalized spacial score (nSPS) is 17.9. The number of carboxylic acid groups (broad SMARTS) is 1. The van der Waals surface area contributed by atoms with Gasteiger partial charge in [-0.3, -0.25) is 28.6 Å². The van der Waals surface area contributed by atoms with Crippen LogP contribution >= 0.6 is 24.0 Å². The minimum absolute atomic E-state index is 0.0417. The number of hydrogen-bond donors (Lipinski definition) is 1. The monoisotopic (exact) mass is 504 g/mol. The number of pyridine rings is 1. The fraction of sp³-hybridized carbons (Fsp3) is 0.455. The number of rotatable bonds is 6. The number of nitrogens with zero attached hydrogens (tertiary/aromatic N) is 4. The molecule has 0 aliphatic carbocycles. The van der Waals surface area contributed by atoms with Crippen molar-refractivity contribution in [3.8, 4) is 6.07 Å². The number of anilines is 1. The molecule has 12 heteroatoms. The van der Waals surface area contributed by atoms with E-state index in [1.807, 2.05) is 11.0 Å². The third-order valence-electron chi connectivity index (χ3n) is 5.82. The maximum atomic E-state index is 12.9. The molecule has 0 aromatic carbocycles. The molecule has 0 bridgehead atoms. The van der Waals surface area contributed by atoms with Gasteiger partial charge in [-0.05, 0) is 38.3 Å². The van der Waals surface area contributed by atoms with Crippen molar-refractivity contribution in [1.29, 1.82) is 5.26 Å².